The maximum atomic E-state index is 11.5. The summed E-state index contributed by atoms with van der Waals surface area (Å²) in [4.78, 5) is 24.4. The molecule has 0 aliphatic carbocycles. The number of hydrogen-bond acceptors (Lipinski definition) is 3. The molecule has 0 spiro atoms. The molecule has 0 saturated heterocycles. The largest absolute Gasteiger partial charge is 0.350 e. The van der Waals surface area contributed by atoms with Gasteiger partial charge >= 0.3 is 0 Å². The highest BCUT2D eigenvalue weighted by Gasteiger charge is 2.17. The molecule has 0 aliphatic heterocycles. The van der Waals surface area contributed by atoms with E-state index in [1.54, 1.807) is 7.05 Å². The molecule has 0 bridgehead atoms. The van der Waals surface area contributed by atoms with Gasteiger partial charge in [-0.15, -0.1) is 0 Å². The quantitative estimate of drug-likeness (QED) is 0.696. The van der Waals surface area contributed by atoms with Crippen molar-refractivity contribution in [1.82, 2.24) is 15.5 Å². The maximum Gasteiger partial charge on any atom is 0.240 e. The second-order valence-corrected chi connectivity index (χ2v) is 4.83. The third-order valence-corrected chi connectivity index (χ3v) is 1.85. The van der Waals surface area contributed by atoms with E-state index in [2.05, 4.69) is 10.6 Å². The summed E-state index contributed by atoms with van der Waals surface area (Å²) in [7, 11) is 1.63. The molecule has 0 atom stereocenters. The Kier molecular flexibility index (Phi) is 6.03. The Hall–Kier alpha value is -1.10. The van der Waals surface area contributed by atoms with Crippen molar-refractivity contribution in [2.75, 3.05) is 26.7 Å². The lowest BCUT2D eigenvalue weighted by Crippen LogP contribution is -2.47. The highest BCUT2D eigenvalue weighted by molar-refractivity contribution is 5.85. The number of carbonyl (C=O) groups excluding carboxylic acids is 2. The second-order valence-electron chi connectivity index (χ2n) is 4.83. The van der Waals surface area contributed by atoms with Gasteiger partial charge in [0.2, 0.25) is 11.8 Å². The summed E-state index contributed by atoms with van der Waals surface area (Å²) in [5.74, 6) is -0.217. The van der Waals surface area contributed by atoms with E-state index in [0.29, 0.717) is 0 Å². The highest BCUT2D eigenvalue weighted by atomic mass is 16.2. The molecule has 5 heteroatoms. The smallest absolute Gasteiger partial charge is 0.240 e. The van der Waals surface area contributed by atoms with Crippen molar-refractivity contribution < 1.29 is 9.59 Å². The van der Waals surface area contributed by atoms with Gasteiger partial charge in [-0.3, -0.25) is 9.59 Å². The monoisotopic (exact) mass is 229 g/mol. The molecule has 0 aliphatic rings. The molecular weight excluding hydrogens is 206 g/mol. The molecule has 0 heterocycles. The van der Waals surface area contributed by atoms with Crippen molar-refractivity contribution in [3.05, 3.63) is 0 Å². The summed E-state index contributed by atoms with van der Waals surface area (Å²) < 4.78 is 0. The number of nitrogens with one attached hydrogen (secondary N) is 2. The normalized spacial score (nSPS) is 11.1. The van der Waals surface area contributed by atoms with Gasteiger partial charge in [-0.25, -0.2) is 0 Å². The van der Waals surface area contributed by atoms with Gasteiger partial charge in [0, 0.05) is 12.6 Å². The lowest BCUT2D eigenvalue weighted by atomic mass is 10.1. The Morgan fingerprint density at radius 2 is 1.81 bits per heavy atom. The van der Waals surface area contributed by atoms with Crippen molar-refractivity contribution in [2.24, 2.45) is 0 Å². The first-order valence-electron chi connectivity index (χ1n) is 5.52. The molecule has 0 unspecified atom stereocenters. The van der Waals surface area contributed by atoms with E-state index in [4.69, 9.17) is 0 Å². The average molecular weight is 229 g/mol. The first kappa shape index (κ1) is 14.9. The fourth-order valence-electron chi connectivity index (χ4n) is 1.13. The fraction of sp³-hybridized carbons (Fsp3) is 0.818. The van der Waals surface area contributed by atoms with Gasteiger partial charge in [0.05, 0.1) is 13.1 Å². The first-order chi connectivity index (χ1) is 7.26. The van der Waals surface area contributed by atoms with Crippen LogP contribution in [-0.4, -0.2) is 48.9 Å². The zero-order chi connectivity index (χ0) is 12.8. The van der Waals surface area contributed by atoms with Crippen molar-refractivity contribution >= 4 is 11.8 Å². The van der Waals surface area contributed by atoms with Crippen LogP contribution < -0.4 is 10.6 Å². The molecule has 2 N–H and O–H groups in total. The summed E-state index contributed by atoms with van der Waals surface area (Å²) in [5.41, 5.74) is -0.261. The lowest BCUT2D eigenvalue weighted by Gasteiger charge is -2.23. The Labute approximate surface area is 97.6 Å². The van der Waals surface area contributed by atoms with Crippen LogP contribution in [-0.2, 0) is 9.59 Å². The zero-order valence-corrected chi connectivity index (χ0v) is 10.9. The van der Waals surface area contributed by atoms with E-state index in [0.717, 1.165) is 6.54 Å². The van der Waals surface area contributed by atoms with Crippen LogP contribution >= 0.6 is 0 Å². The summed E-state index contributed by atoms with van der Waals surface area (Å²) in [6, 6.07) is 0. The third kappa shape index (κ3) is 7.23. The second kappa shape index (κ2) is 6.48. The van der Waals surface area contributed by atoms with Crippen LogP contribution in [0.4, 0.5) is 0 Å². The van der Waals surface area contributed by atoms with Gasteiger partial charge in [-0.05, 0) is 27.3 Å². The van der Waals surface area contributed by atoms with Crippen LogP contribution in [0, 0.1) is 0 Å². The summed E-state index contributed by atoms with van der Waals surface area (Å²) in [6.45, 7) is 8.77. The van der Waals surface area contributed by atoms with Crippen LogP contribution in [0.1, 0.15) is 27.7 Å². The standard InChI is InChI=1S/C11H23N3O2/c1-6-12-7-10(16)14(5)8-9(15)13-11(2,3)4/h12H,6-8H2,1-5H3,(H,13,15). The van der Waals surface area contributed by atoms with Crippen LogP contribution in [0.5, 0.6) is 0 Å². The van der Waals surface area contributed by atoms with Gasteiger partial charge < -0.3 is 15.5 Å². The average Bonchev–Trinajstić information content (AvgIpc) is 2.10. The summed E-state index contributed by atoms with van der Waals surface area (Å²) in [5, 5.41) is 5.74. The molecule has 0 aromatic carbocycles. The number of amides is 2. The topological polar surface area (TPSA) is 61.4 Å². The molecule has 0 aromatic rings. The minimum absolute atomic E-state index is 0.0779. The summed E-state index contributed by atoms with van der Waals surface area (Å²) in [6.07, 6.45) is 0. The predicted octanol–water partition coefficient (Wildman–Crippen LogP) is -0.0310. The van der Waals surface area contributed by atoms with E-state index in [1.165, 1.54) is 4.90 Å². The van der Waals surface area contributed by atoms with Crippen LogP contribution in [0.15, 0.2) is 0 Å². The molecule has 0 rings (SSSR count). The molecule has 0 radical (unpaired) electrons. The van der Waals surface area contributed by atoms with Gasteiger partial charge in [0.1, 0.15) is 0 Å². The Bertz CT molecular complexity index is 246. The maximum absolute atomic E-state index is 11.5. The van der Waals surface area contributed by atoms with E-state index < -0.39 is 0 Å². The highest BCUT2D eigenvalue weighted by Crippen LogP contribution is 1.98. The SMILES string of the molecule is CCNCC(=O)N(C)CC(=O)NC(C)(C)C. The van der Waals surface area contributed by atoms with Crippen molar-refractivity contribution in [2.45, 2.75) is 33.2 Å². The third-order valence-electron chi connectivity index (χ3n) is 1.85. The molecule has 0 fully saturated rings. The Morgan fingerprint density at radius 3 is 2.25 bits per heavy atom. The van der Waals surface area contributed by atoms with Gasteiger partial charge in [0.15, 0.2) is 0 Å². The molecular formula is C11H23N3O2. The molecule has 2 amide bonds. The van der Waals surface area contributed by atoms with Gasteiger partial charge in [0.25, 0.3) is 0 Å². The van der Waals surface area contributed by atoms with Crippen molar-refractivity contribution in [3.8, 4) is 0 Å². The van der Waals surface area contributed by atoms with Crippen molar-refractivity contribution in [1.29, 1.82) is 0 Å². The van der Waals surface area contributed by atoms with E-state index >= 15 is 0 Å². The predicted molar refractivity (Wildman–Crippen MR) is 64.1 cm³/mol. The minimum atomic E-state index is -0.261. The lowest BCUT2D eigenvalue weighted by molar-refractivity contribution is -0.134. The van der Waals surface area contributed by atoms with Crippen LogP contribution in [0.3, 0.4) is 0 Å². The molecule has 5 nitrogen and oxygen atoms in total. The fourth-order valence-corrected chi connectivity index (χ4v) is 1.13. The number of likely N-dealkylation sites (N-methyl/N-ethyl adjacent to an activating group) is 2. The molecule has 94 valence electrons. The molecule has 0 aromatic heterocycles. The summed E-state index contributed by atoms with van der Waals surface area (Å²) >= 11 is 0. The van der Waals surface area contributed by atoms with Crippen LogP contribution in [0.2, 0.25) is 0 Å². The van der Waals surface area contributed by atoms with Gasteiger partial charge in [-0.1, -0.05) is 6.92 Å². The zero-order valence-electron chi connectivity index (χ0n) is 10.9. The Balaban J connectivity index is 3.99. The number of hydrogen-bond donors (Lipinski definition) is 2. The number of nitrogens with zero attached hydrogens (tertiary/aromatic N) is 1. The Morgan fingerprint density at radius 1 is 1.25 bits per heavy atom. The van der Waals surface area contributed by atoms with Crippen molar-refractivity contribution in [3.63, 3.8) is 0 Å². The van der Waals surface area contributed by atoms with E-state index in [1.807, 2.05) is 27.7 Å². The minimum Gasteiger partial charge on any atom is -0.350 e. The van der Waals surface area contributed by atoms with E-state index in [-0.39, 0.29) is 30.4 Å². The molecule has 16 heavy (non-hydrogen) atoms. The molecule has 0 saturated carbocycles. The van der Waals surface area contributed by atoms with Gasteiger partial charge in [-0.2, -0.15) is 0 Å². The first-order valence-corrected chi connectivity index (χ1v) is 5.52. The number of carbonyl (C=O) groups is 2. The van der Waals surface area contributed by atoms with E-state index in [9.17, 15) is 9.59 Å². The van der Waals surface area contributed by atoms with Crippen LogP contribution in [0.25, 0.3) is 0 Å². The number of rotatable bonds is 5.